The van der Waals surface area contributed by atoms with Gasteiger partial charge in [0.15, 0.2) is 0 Å². The predicted molar refractivity (Wildman–Crippen MR) is 107 cm³/mol. The Kier molecular flexibility index (Phi) is 17.9. The van der Waals surface area contributed by atoms with E-state index in [2.05, 4.69) is 25.7 Å². The van der Waals surface area contributed by atoms with E-state index in [0.717, 1.165) is 25.8 Å². The molecule has 0 aliphatic carbocycles. The lowest BCUT2D eigenvalue weighted by Crippen LogP contribution is -2.23. The van der Waals surface area contributed by atoms with Crippen molar-refractivity contribution in [3.8, 4) is 0 Å². The fourth-order valence-corrected chi connectivity index (χ4v) is 2.99. The third-order valence-electron chi connectivity index (χ3n) is 4.61. The maximum Gasteiger partial charge on any atom is 0.219 e. The molecule has 0 aliphatic heterocycles. The maximum atomic E-state index is 11.7. The van der Waals surface area contributed by atoms with E-state index < -0.39 is 0 Å². The van der Waals surface area contributed by atoms with E-state index in [1.165, 1.54) is 89.0 Å². The lowest BCUT2D eigenvalue weighted by molar-refractivity contribution is -0.121. The molecule has 0 spiro atoms. The summed E-state index contributed by atoms with van der Waals surface area (Å²) in [6, 6.07) is 0. The number of hydrogen-bond donors (Lipinski definition) is 1. The first-order chi connectivity index (χ1) is 11.7. The molecule has 0 atom stereocenters. The molecule has 0 unspecified atom stereocenters. The molecule has 0 aromatic rings. The van der Waals surface area contributed by atoms with Gasteiger partial charge < -0.3 is 5.32 Å². The second kappa shape index (κ2) is 18.5. The Morgan fingerprint density at radius 3 is 1.71 bits per heavy atom. The molecule has 0 saturated carbocycles. The first-order valence-electron chi connectivity index (χ1n) is 10.6. The van der Waals surface area contributed by atoms with Crippen LogP contribution >= 0.6 is 0 Å². The molecule has 142 valence electrons. The molecule has 2 nitrogen and oxygen atoms in total. The molecule has 0 aromatic carbocycles. The highest BCUT2D eigenvalue weighted by Gasteiger charge is 2.00. The Balaban J connectivity index is 3.13. The van der Waals surface area contributed by atoms with Gasteiger partial charge in [-0.3, -0.25) is 4.79 Å². The van der Waals surface area contributed by atoms with Gasteiger partial charge in [0.2, 0.25) is 5.91 Å². The maximum absolute atomic E-state index is 11.7. The minimum Gasteiger partial charge on any atom is -0.356 e. The zero-order valence-corrected chi connectivity index (χ0v) is 16.6. The van der Waals surface area contributed by atoms with Crippen molar-refractivity contribution >= 4 is 5.91 Å². The molecule has 0 fully saturated rings. The van der Waals surface area contributed by atoms with E-state index in [9.17, 15) is 4.79 Å². The van der Waals surface area contributed by atoms with Crippen LogP contribution in [0, 0.1) is 0 Å². The minimum atomic E-state index is 0.251. The molecular formula is C22H43NO. The van der Waals surface area contributed by atoms with Crippen LogP contribution in [0.15, 0.2) is 12.2 Å². The molecule has 2 heteroatoms. The molecule has 0 aliphatic rings. The highest BCUT2D eigenvalue weighted by Crippen LogP contribution is 2.12. The second-order valence-electron chi connectivity index (χ2n) is 7.40. The zero-order valence-electron chi connectivity index (χ0n) is 16.6. The van der Waals surface area contributed by atoms with E-state index in [0.29, 0.717) is 0 Å². The molecule has 24 heavy (non-hydrogen) atoms. The smallest absolute Gasteiger partial charge is 0.219 e. The third kappa shape index (κ3) is 19.3. The van der Waals surface area contributed by atoms with Crippen LogP contribution in [0.4, 0.5) is 0 Å². The molecule has 1 N–H and O–H groups in total. The highest BCUT2D eigenvalue weighted by molar-refractivity contribution is 5.75. The number of unbranched alkanes of at least 4 members (excludes halogenated alkanes) is 12. The minimum absolute atomic E-state index is 0.251. The van der Waals surface area contributed by atoms with Crippen molar-refractivity contribution in [2.75, 3.05) is 6.54 Å². The Morgan fingerprint density at radius 1 is 0.708 bits per heavy atom. The lowest BCUT2D eigenvalue weighted by atomic mass is 10.0. The summed E-state index contributed by atoms with van der Waals surface area (Å²) in [5, 5.41) is 3.06. The Hall–Kier alpha value is -0.790. The van der Waals surface area contributed by atoms with Crippen molar-refractivity contribution in [2.45, 2.75) is 117 Å². The average molecular weight is 338 g/mol. The predicted octanol–water partition coefficient (Wildman–Crippen LogP) is 6.94. The quantitative estimate of drug-likeness (QED) is 0.213. The molecule has 0 saturated heterocycles. The van der Waals surface area contributed by atoms with Crippen LogP contribution in [0.2, 0.25) is 0 Å². The summed E-state index contributed by atoms with van der Waals surface area (Å²) in [6.45, 7) is 9.16. The van der Waals surface area contributed by atoms with E-state index in [-0.39, 0.29) is 5.91 Å². The van der Waals surface area contributed by atoms with Crippen molar-refractivity contribution in [3.05, 3.63) is 12.2 Å². The van der Waals surface area contributed by atoms with Crippen LogP contribution in [-0.4, -0.2) is 12.5 Å². The number of nitrogens with one attached hydrogen (secondary N) is 1. The Labute approximate surface area is 151 Å². The normalized spacial score (nSPS) is 10.8. The van der Waals surface area contributed by atoms with Gasteiger partial charge in [-0.05, 0) is 32.6 Å². The SMILES string of the molecule is C=C(C)CCCCCCCCCCCNC(=O)CCCCCCC. The number of carbonyl (C=O) groups excluding carboxylic acids is 1. The number of hydrogen-bond acceptors (Lipinski definition) is 1. The number of carbonyl (C=O) groups is 1. The van der Waals surface area contributed by atoms with Gasteiger partial charge in [0.1, 0.15) is 0 Å². The second-order valence-corrected chi connectivity index (χ2v) is 7.40. The average Bonchev–Trinajstić information content (AvgIpc) is 2.55. The Morgan fingerprint density at radius 2 is 1.17 bits per heavy atom. The van der Waals surface area contributed by atoms with Crippen LogP contribution in [0.3, 0.4) is 0 Å². The summed E-state index contributed by atoms with van der Waals surface area (Å²) >= 11 is 0. The van der Waals surface area contributed by atoms with Crippen molar-refractivity contribution in [1.29, 1.82) is 0 Å². The number of allylic oxidation sites excluding steroid dienone is 1. The summed E-state index contributed by atoms with van der Waals surface area (Å²) in [4.78, 5) is 11.7. The van der Waals surface area contributed by atoms with E-state index in [1.807, 2.05) is 0 Å². The van der Waals surface area contributed by atoms with Crippen LogP contribution in [-0.2, 0) is 4.79 Å². The monoisotopic (exact) mass is 337 g/mol. The molecule has 1 amide bonds. The van der Waals surface area contributed by atoms with E-state index in [4.69, 9.17) is 0 Å². The van der Waals surface area contributed by atoms with Gasteiger partial charge in [-0.25, -0.2) is 0 Å². The van der Waals surface area contributed by atoms with Gasteiger partial charge in [-0.2, -0.15) is 0 Å². The molecular weight excluding hydrogens is 294 g/mol. The van der Waals surface area contributed by atoms with E-state index in [1.54, 1.807) is 0 Å². The summed E-state index contributed by atoms with van der Waals surface area (Å²) in [6.07, 6.45) is 19.9. The van der Waals surface area contributed by atoms with Crippen molar-refractivity contribution in [2.24, 2.45) is 0 Å². The summed E-state index contributed by atoms with van der Waals surface area (Å²) in [7, 11) is 0. The topological polar surface area (TPSA) is 29.1 Å². The first-order valence-corrected chi connectivity index (χ1v) is 10.6. The van der Waals surface area contributed by atoms with Gasteiger partial charge in [-0.1, -0.05) is 83.1 Å². The van der Waals surface area contributed by atoms with Gasteiger partial charge in [0.05, 0.1) is 0 Å². The molecule has 0 bridgehead atoms. The standard InChI is InChI=1S/C22H43NO/c1-4-5-6-12-16-19-22(24)23-20-17-14-11-9-7-8-10-13-15-18-21(2)3/h2,4-20H2,1,3H3,(H,23,24). The van der Waals surface area contributed by atoms with Crippen molar-refractivity contribution in [1.82, 2.24) is 5.32 Å². The summed E-state index contributed by atoms with van der Waals surface area (Å²) in [5.74, 6) is 0.251. The van der Waals surface area contributed by atoms with Gasteiger partial charge in [0.25, 0.3) is 0 Å². The largest absolute Gasteiger partial charge is 0.356 e. The first kappa shape index (κ1) is 23.2. The Bertz CT molecular complexity index is 298. The molecule has 0 heterocycles. The van der Waals surface area contributed by atoms with Crippen molar-refractivity contribution < 1.29 is 4.79 Å². The zero-order chi connectivity index (χ0) is 17.9. The van der Waals surface area contributed by atoms with Gasteiger partial charge in [0, 0.05) is 13.0 Å². The fraction of sp³-hybridized carbons (Fsp3) is 0.864. The number of rotatable bonds is 18. The molecule has 0 aromatic heterocycles. The van der Waals surface area contributed by atoms with Gasteiger partial charge >= 0.3 is 0 Å². The van der Waals surface area contributed by atoms with Crippen LogP contribution in [0.25, 0.3) is 0 Å². The van der Waals surface area contributed by atoms with Crippen LogP contribution in [0.5, 0.6) is 0 Å². The molecule has 0 radical (unpaired) electrons. The lowest BCUT2D eigenvalue weighted by Gasteiger charge is -2.05. The van der Waals surface area contributed by atoms with Crippen LogP contribution in [0.1, 0.15) is 117 Å². The van der Waals surface area contributed by atoms with Gasteiger partial charge in [-0.15, -0.1) is 6.58 Å². The van der Waals surface area contributed by atoms with E-state index >= 15 is 0 Å². The fourth-order valence-electron chi connectivity index (χ4n) is 2.99. The summed E-state index contributed by atoms with van der Waals surface area (Å²) in [5.41, 5.74) is 1.32. The summed E-state index contributed by atoms with van der Waals surface area (Å²) < 4.78 is 0. The van der Waals surface area contributed by atoms with Crippen molar-refractivity contribution in [3.63, 3.8) is 0 Å². The van der Waals surface area contributed by atoms with Crippen LogP contribution < -0.4 is 5.32 Å². The highest BCUT2D eigenvalue weighted by atomic mass is 16.1. The number of amides is 1. The molecule has 0 rings (SSSR count). The third-order valence-corrected chi connectivity index (χ3v) is 4.61.